The zero-order valence-electron chi connectivity index (χ0n) is 11.3. The first-order chi connectivity index (χ1) is 9.63. The van der Waals surface area contributed by atoms with Crippen LogP contribution in [-0.2, 0) is 6.54 Å². The summed E-state index contributed by atoms with van der Waals surface area (Å²) in [5.74, 6) is 1.38. The molecular formula is C15H16BrNO3. The molecule has 0 saturated carbocycles. The lowest BCUT2D eigenvalue weighted by molar-refractivity contribution is 0.373. The molecule has 0 heterocycles. The summed E-state index contributed by atoms with van der Waals surface area (Å²) in [4.78, 5) is 0. The number of rotatable bonds is 5. The van der Waals surface area contributed by atoms with Crippen LogP contribution in [0.2, 0.25) is 0 Å². The Bertz CT molecular complexity index is 548. The van der Waals surface area contributed by atoms with Crippen LogP contribution in [-0.4, -0.2) is 19.3 Å². The molecule has 0 atom stereocenters. The molecule has 0 aliphatic rings. The lowest BCUT2D eigenvalue weighted by atomic mass is 10.2. The van der Waals surface area contributed by atoms with E-state index in [2.05, 4.69) is 21.2 Å². The number of methoxy groups -OCH3 is 2. The summed E-state index contributed by atoms with van der Waals surface area (Å²) in [6.45, 7) is 0.647. The summed E-state index contributed by atoms with van der Waals surface area (Å²) in [5, 5.41) is 13.0. The molecular weight excluding hydrogens is 322 g/mol. The summed E-state index contributed by atoms with van der Waals surface area (Å²) in [5.41, 5.74) is 1.93. The lowest BCUT2D eigenvalue weighted by Gasteiger charge is -2.10. The van der Waals surface area contributed by atoms with E-state index < -0.39 is 0 Å². The third-order valence-electron chi connectivity index (χ3n) is 2.89. The number of nitrogens with one attached hydrogen (secondary N) is 1. The van der Waals surface area contributed by atoms with E-state index in [1.807, 2.05) is 24.3 Å². The van der Waals surface area contributed by atoms with Crippen molar-refractivity contribution in [2.75, 3.05) is 19.5 Å². The molecule has 0 amide bonds. The first-order valence-corrected chi connectivity index (χ1v) is 6.86. The minimum atomic E-state index is 0.119. The van der Waals surface area contributed by atoms with Crippen molar-refractivity contribution >= 4 is 21.6 Å². The Morgan fingerprint density at radius 1 is 1.05 bits per heavy atom. The molecule has 2 aromatic rings. The van der Waals surface area contributed by atoms with E-state index in [9.17, 15) is 5.11 Å². The zero-order chi connectivity index (χ0) is 14.5. The van der Waals surface area contributed by atoms with Gasteiger partial charge < -0.3 is 19.9 Å². The van der Waals surface area contributed by atoms with Crippen molar-refractivity contribution in [2.24, 2.45) is 0 Å². The highest BCUT2D eigenvalue weighted by molar-refractivity contribution is 9.10. The highest BCUT2D eigenvalue weighted by Crippen LogP contribution is 2.29. The fourth-order valence-corrected chi connectivity index (χ4v) is 2.41. The molecule has 0 spiro atoms. The van der Waals surface area contributed by atoms with Gasteiger partial charge in [0.25, 0.3) is 0 Å². The number of halogens is 1. The average Bonchev–Trinajstić information content (AvgIpc) is 2.45. The first kappa shape index (κ1) is 14.5. The minimum Gasteiger partial charge on any atom is -0.504 e. The maximum atomic E-state index is 9.71. The number of hydrogen-bond acceptors (Lipinski definition) is 4. The topological polar surface area (TPSA) is 50.7 Å². The molecule has 0 bridgehead atoms. The Morgan fingerprint density at radius 3 is 2.35 bits per heavy atom. The van der Waals surface area contributed by atoms with E-state index in [0.717, 1.165) is 21.5 Å². The van der Waals surface area contributed by atoms with Crippen LogP contribution in [0.25, 0.3) is 0 Å². The van der Waals surface area contributed by atoms with Gasteiger partial charge in [-0.25, -0.2) is 0 Å². The second-order valence-corrected chi connectivity index (χ2v) is 5.06. The van der Waals surface area contributed by atoms with Crippen LogP contribution in [0.15, 0.2) is 40.9 Å². The summed E-state index contributed by atoms with van der Waals surface area (Å²) < 4.78 is 11.1. The average molecular weight is 338 g/mol. The number of phenolic OH excluding ortho intramolecular Hbond substituents is 1. The van der Waals surface area contributed by atoms with Crippen LogP contribution >= 0.6 is 15.9 Å². The number of aromatic hydroxyl groups is 1. The number of hydrogen-bond donors (Lipinski definition) is 2. The van der Waals surface area contributed by atoms with Crippen molar-refractivity contribution in [3.8, 4) is 17.2 Å². The molecule has 106 valence electrons. The van der Waals surface area contributed by atoms with Crippen LogP contribution in [0.3, 0.4) is 0 Å². The summed E-state index contributed by atoms with van der Waals surface area (Å²) >= 11 is 3.45. The van der Waals surface area contributed by atoms with Gasteiger partial charge in [0.05, 0.1) is 18.7 Å². The molecule has 0 unspecified atom stereocenters. The Labute approximate surface area is 126 Å². The normalized spacial score (nSPS) is 10.2. The molecule has 5 heteroatoms. The highest BCUT2D eigenvalue weighted by atomic mass is 79.9. The quantitative estimate of drug-likeness (QED) is 0.871. The van der Waals surface area contributed by atoms with Gasteiger partial charge >= 0.3 is 0 Å². The monoisotopic (exact) mass is 337 g/mol. The van der Waals surface area contributed by atoms with Gasteiger partial charge in [0.1, 0.15) is 5.75 Å². The predicted molar refractivity (Wildman–Crippen MR) is 82.7 cm³/mol. The summed E-state index contributed by atoms with van der Waals surface area (Å²) in [6.07, 6.45) is 0. The Kier molecular flexibility index (Phi) is 4.74. The van der Waals surface area contributed by atoms with Crippen molar-refractivity contribution in [1.29, 1.82) is 0 Å². The fourth-order valence-electron chi connectivity index (χ4n) is 1.82. The van der Waals surface area contributed by atoms with Gasteiger partial charge in [-0.05, 0) is 45.8 Å². The third-order valence-corrected chi connectivity index (χ3v) is 3.51. The SMILES string of the molecule is COc1ccc(NCc2ccc(OC)c(Br)c2)cc1O. The van der Waals surface area contributed by atoms with E-state index in [1.54, 1.807) is 19.2 Å². The van der Waals surface area contributed by atoms with Gasteiger partial charge in [0.2, 0.25) is 0 Å². The predicted octanol–water partition coefficient (Wildman–Crippen LogP) is 3.78. The van der Waals surface area contributed by atoms with Crippen molar-refractivity contribution in [3.63, 3.8) is 0 Å². The molecule has 20 heavy (non-hydrogen) atoms. The fraction of sp³-hybridized carbons (Fsp3) is 0.200. The van der Waals surface area contributed by atoms with Gasteiger partial charge in [0, 0.05) is 18.3 Å². The molecule has 0 fully saturated rings. The summed E-state index contributed by atoms with van der Waals surface area (Å²) in [6, 6.07) is 11.1. The number of ether oxygens (including phenoxy) is 2. The third kappa shape index (κ3) is 3.36. The second kappa shape index (κ2) is 6.52. The van der Waals surface area contributed by atoms with E-state index in [1.165, 1.54) is 7.11 Å². The van der Waals surface area contributed by atoms with Gasteiger partial charge in [-0.2, -0.15) is 0 Å². The van der Waals surface area contributed by atoms with E-state index in [-0.39, 0.29) is 5.75 Å². The van der Waals surface area contributed by atoms with Gasteiger partial charge in [-0.1, -0.05) is 6.07 Å². The van der Waals surface area contributed by atoms with Gasteiger partial charge in [0.15, 0.2) is 11.5 Å². The molecule has 0 aliphatic heterocycles. The molecule has 2 aromatic carbocycles. The van der Waals surface area contributed by atoms with Crippen molar-refractivity contribution in [1.82, 2.24) is 0 Å². The summed E-state index contributed by atoms with van der Waals surface area (Å²) in [7, 11) is 3.16. The van der Waals surface area contributed by atoms with Crippen LogP contribution in [0, 0.1) is 0 Å². The van der Waals surface area contributed by atoms with Crippen LogP contribution < -0.4 is 14.8 Å². The second-order valence-electron chi connectivity index (χ2n) is 4.21. The zero-order valence-corrected chi connectivity index (χ0v) is 12.9. The maximum absolute atomic E-state index is 9.71. The largest absolute Gasteiger partial charge is 0.504 e. The van der Waals surface area contributed by atoms with E-state index in [4.69, 9.17) is 9.47 Å². The van der Waals surface area contributed by atoms with Gasteiger partial charge in [-0.3, -0.25) is 0 Å². The number of phenols is 1. The number of benzene rings is 2. The lowest BCUT2D eigenvalue weighted by Crippen LogP contribution is -1.99. The van der Waals surface area contributed by atoms with E-state index in [0.29, 0.717) is 12.3 Å². The maximum Gasteiger partial charge on any atom is 0.160 e. The minimum absolute atomic E-state index is 0.119. The smallest absolute Gasteiger partial charge is 0.160 e. The molecule has 4 nitrogen and oxygen atoms in total. The highest BCUT2D eigenvalue weighted by Gasteiger charge is 2.04. The standard InChI is InChI=1S/C15H16BrNO3/c1-19-14-5-3-10(7-12(14)16)9-17-11-4-6-15(20-2)13(18)8-11/h3-8,17-18H,9H2,1-2H3. The van der Waals surface area contributed by atoms with Crippen LogP contribution in [0.1, 0.15) is 5.56 Å². The molecule has 2 N–H and O–H groups in total. The molecule has 2 rings (SSSR count). The van der Waals surface area contributed by atoms with Crippen molar-refractivity contribution in [2.45, 2.75) is 6.54 Å². The molecule has 0 saturated heterocycles. The van der Waals surface area contributed by atoms with Crippen LogP contribution in [0.4, 0.5) is 5.69 Å². The molecule has 0 radical (unpaired) electrons. The Morgan fingerprint density at radius 2 is 1.75 bits per heavy atom. The van der Waals surface area contributed by atoms with E-state index >= 15 is 0 Å². The van der Waals surface area contributed by atoms with Crippen molar-refractivity contribution in [3.05, 3.63) is 46.4 Å². The Hall–Kier alpha value is -1.88. The van der Waals surface area contributed by atoms with Crippen LogP contribution in [0.5, 0.6) is 17.2 Å². The Balaban J connectivity index is 2.05. The van der Waals surface area contributed by atoms with Gasteiger partial charge in [-0.15, -0.1) is 0 Å². The molecule has 0 aliphatic carbocycles. The molecule has 0 aromatic heterocycles. The first-order valence-electron chi connectivity index (χ1n) is 6.07. The number of anilines is 1. The van der Waals surface area contributed by atoms with Crippen molar-refractivity contribution < 1.29 is 14.6 Å².